The molecule has 0 fully saturated rings. The number of hydrogen-bond acceptors (Lipinski definition) is 6. The molecule has 2 heterocycles. The summed E-state index contributed by atoms with van der Waals surface area (Å²) in [6.07, 6.45) is 1.20. The van der Waals surface area contributed by atoms with Gasteiger partial charge in [-0.2, -0.15) is 5.26 Å². The fourth-order valence-electron chi connectivity index (χ4n) is 3.38. The van der Waals surface area contributed by atoms with Gasteiger partial charge >= 0.3 is 0 Å². The summed E-state index contributed by atoms with van der Waals surface area (Å²) in [6, 6.07) is 10.2. The van der Waals surface area contributed by atoms with E-state index in [-0.39, 0.29) is 28.7 Å². The molecule has 1 N–H and O–H groups in total. The molecule has 0 saturated heterocycles. The Bertz CT molecular complexity index is 1320. The molecule has 3 aromatic rings. The van der Waals surface area contributed by atoms with Crippen molar-refractivity contribution in [3.05, 3.63) is 70.4 Å². The minimum atomic E-state index is -1.04. The molecule has 10 heteroatoms. The van der Waals surface area contributed by atoms with Gasteiger partial charge in [0.1, 0.15) is 24.2 Å². The first kappa shape index (κ1) is 22.2. The van der Waals surface area contributed by atoms with Crippen molar-refractivity contribution in [3.63, 3.8) is 0 Å². The molecule has 8 nitrogen and oxygen atoms in total. The van der Waals surface area contributed by atoms with Gasteiger partial charge in [-0.3, -0.25) is 9.59 Å². The van der Waals surface area contributed by atoms with Crippen LogP contribution in [0, 0.1) is 24.1 Å². The highest BCUT2D eigenvalue weighted by atomic mass is 35.5. The molecule has 0 unspecified atom stereocenters. The van der Waals surface area contributed by atoms with Gasteiger partial charge in [-0.15, -0.1) is 0 Å². The largest absolute Gasteiger partial charge is 0.489 e. The minimum Gasteiger partial charge on any atom is -0.489 e. The van der Waals surface area contributed by atoms with Crippen LogP contribution < -0.4 is 15.0 Å². The van der Waals surface area contributed by atoms with Crippen LogP contribution in [0.3, 0.4) is 0 Å². The van der Waals surface area contributed by atoms with Gasteiger partial charge in [0.15, 0.2) is 0 Å². The zero-order valence-corrected chi connectivity index (χ0v) is 18.4. The van der Waals surface area contributed by atoms with E-state index in [1.165, 1.54) is 36.3 Å². The van der Waals surface area contributed by atoms with E-state index in [1.54, 1.807) is 25.1 Å². The number of fused-ring (bicyclic) bond motifs is 1. The van der Waals surface area contributed by atoms with E-state index in [2.05, 4.69) is 15.3 Å². The number of benzene rings is 2. The summed E-state index contributed by atoms with van der Waals surface area (Å²) in [5, 5.41) is 11.7. The molecule has 2 amide bonds. The smallest absolute Gasteiger partial charge is 0.289 e. The Morgan fingerprint density at radius 1 is 1.33 bits per heavy atom. The maximum Gasteiger partial charge on any atom is 0.289 e. The average Bonchev–Trinajstić information content (AvgIpc) is 2.91. The summed E-state index contributed by atoms with van der Waals surface area (Å²) in [5.41, 5.74) is 1.75. The number of nitrogens with one attached hydrogen (secondary N) is 1. The summed E-state index contributed by atoms with van der Waals surface area (Å²) in [7, 11) is 1.54. The Kier molecular flexibility index (Phi) is 5.94. The van der Waals surface area contributed by atoms with Crippen LogP contribution in [0.5, 0.6) is 5.75 Å². The van der Waals surface area contributed by atoms with Gasteiger partial charge in [-0.1, -0.05) is 17.7 Å². The van der Waals surface area contributed by atoms with E-state index >= 15 is 0 Å². The number of likely N-dealkylation sites (N-methyl/N-ethyl adjacent to an activating group) is 1. The first-order chi connectivity index (χ1) is 15.8. The number of hydrogen-bond donors (Lipinski definition) is 1. The zero-order chi connectivity index (χ0) is 23.7. The third-order valence-electron chi connectivity index (χ3n) is 5.12. The highest BCUT2D eigenvalue weighted by Gasteiger charge is 2.31. The Labute approximate surface area is 193 Å². The number of aryl methyl sites for hydroxylation is 1. The predicted octanol–water partition coefficient (Wildman–Crippen LogP) is 3.27. The van der Waals surface area contributed by atoms with Crippen LogP contribution in [-0.2, 0) is 4.79 Å². The molecule has 0 spiro atoms. The van der Waals surface area contributed by atoms with E-state index in [4.69, 9.17) is 21.6 Å². The lowest BCUT2D eigenvalue weighted by Gasteiger charge is -2.20. The van der Waals surface area contributed by atoms with Gasteiger partial charge in [0.25, 0.3) is 11.8 Å². The summed E-state index contributed by atoms with van der Waals surface area (Å²) < 4.78 is 20.1. The van der Waals surface area contributed by atoms with Gasteiger partial charge in [0, 0.05) is 18.7 Å². The molecule has 0 aliphatic carbocycles. The quantitative estimate of drug-likeness (QED) is 0.636. The van der Waals surface area contributed by atoms with Crippen molar-refractivity contribution in [2.75, 3.05) is 18.6 Å². The number of anilines is 1. The van der Waals surface area contributed by atoms with Crippen molar-refractivity contribution in [2.24, 2.45) is 0 Å². The zero-order valence-electron chi connectivity index (χ0n) is 17.6. The van der Waals surface area contributed by atoms with Crippen molar-refractivity contribution >= 4 is 29.1 Å². The number of ether oxygens (including phenoxy) is 1. The maximum atomic E-state index is 14.4. The standard InChI is InChI=1S/C23H17ClFN5O3/c1-12-3-5-14(16(25)7-12)20-15(24)10-27-21(29-20)22(31)28-17-11-33-19-8-13(9-26)4-6-18(19)30(2)23(17)32/h3-8,10,17H,11H2,1-2H3,(H,28,31)/t17-/m0/s1. The Morgan fingerprint density at radius 2 is 2.12 bits per heavy atom. The molecular formula is C23H17ClFN5O3. The molecule has 1 atom stereocenters. The molecule has 0 saturated carbocycles. The second-order valence-electron chi connectivity index (χ2n) is 7.40. The van der Waals surface area contributed by atoms with Crippen molar-refractivity contribution in [2.45, 2.75) is 13.0 Å². The van der Waals surface area contributed by atoms with Gasteiger partial charge in [-0.05, 0) is 36.8 Å². The lowest BCUT2D eigenvalue weighted by Crippen LogP contribution is -2.49. The Hall–Kier alpha value is -4.03. The van der Waals surface area contributed by atoms with Gasteiger partial charge in [0.2, 0.25) is 5.82 Å². The number of carbonyl (C=O) groups is 2. The number of nitrogens with zero attached hydrogens (tertiary/aromatic N) is 4. The molecule has 166 valence electrons. The number of halogens is 2. The summed E-state index contributed by atoms with van der Waals surface area (Å²) in [5.74, 6) is -1.64. The fraction of sp³-hybridized carbons (Fsp3) is 0.174. The fourth-order valence-corrected chi connectivity index (χ4v) is 3.57. The molecular weight excluding hydrogens is 449 g/mol. The average molecular weight is 466 g/mol. The second kappa shape index (κ2) is 8.84. The first-order valence-electron chi connectivity index (χ1n) is 9.83. The van der Waals surface area contributed by atoms with E-state index in [1.807, 2.05) is 6.07 Å². The number of carbonyl (C=O) groups excluding carboxylic acids is 2. The monoisotopic (exact) mass is 465 g/mol. The summed E-state index contributed by atoms with van der Waals surface area (Å²) in [6.45, 7) is 1.58. The molecule has 1 aromatic heterocycles. The topological polar surface area (TPSA) is 108 Å². The predicted molar refractivity (Wildman–Crippen MR) is 118 cm³/mol. The summed E-state index contributed by atoms with van der Waals surface area (Å²) >= 11 is 6.15. The number of aromatic nitrogens is 2. The van der Waals surface area contributed by atoms with E-state index in [0.29, 0.717) is 17.0 Å². The van der Waals surface area contributed by atoms with Crippen LogP contribution in [0.2, 0.25) is 5.02 Å². The van der Waals surface area contributed by atoms with E-state index in [0.717, 1.165) is 5.56 Å². The Balaban J connectivity index is 1.58. The number of nitriles is 1. The third kappa shape index (κ3) is 4.33. The lowest BCUT2D eigenvalue weighted by molar-refractivity contribution is -0.120. The molecule has 0 bridgehead atoms. The van der Waals surface area contributed by atoms with Crippen LogP contribution in [0.1, 0.15) is 21.7 Å². The molecule has 4 rings (SSSR count). The Morgan fingerprint density at radius 3 is 2.85 bits per heavy atom. The molecule has 1 aliphatic rings. The van der Waals surface area contributed by atoms with E-state index < -0.39 is 23.7 Å². The maximum absolute atomic E-state index is 14.4. The third-order valence-corrected chi connectivity index (χ3v) is 5.39. The van der Waals surface area contributed by atoms with Crippen LogP contribution in [0.4, 0.5) is 10.1 Å². The van der Waals surface area contributed by atoms with Crippen LogP contribution >= 0.6 is 11.6 Å². The first-order valence-corrected chi connectivity index (χ1v) is 10.2. The highest BCUT2D eigenvalue weighted by Crippen LogP contribution is 2.32. The normalized spacial score (nSPS) is 15.2. The minimum absolute atomic E-state index is 0.0614. The number of rotatable bonds is 3. The van der Waals surface area contributed by atoms with E-state index in [9.17, 15) is 14.0 Å². The van der Waals surface area contributed by atoms with Gasteiger partial charge in [-0.25, -0.2) is 14.4 Å². The van der Waals surface area contributed by atoms with Gasteiger partial charge in [0.05, 0.1) is 34.2 Å². The number of amides is 2. The van der Waals surface area contributed by atoms with Crippen molar-refractivity contribution < 1.29 is 18.7 Å². The van der Waals surface area contributed by atoms with Crippen molar-refractivity contribution in [1.29, 1.82) is 5.26 Å². The van der Waals surface area contributed by atoms with Gasteiger partial charge < -0.3 is 15.0 Å². The SMILES string of the molecule is Cc1ccc(-c2nc(C(=O)N[C@H]3COc4cc(C#N)ccc4N(C)C3=O)ncc2Cl)c(F)c1. The van der Waals surface area contributed by atoms with Crippen molar-refractivity contribution in [1.82, 2.24) is 15.3 Å². The molecule has 0 radical (unpaired) electrons. The molecule has 2 aromatic carbocycles. The van der Waals surface area contributed by atoms with Crippen LogP contribution in [0.15, 0.2) is 42.6 Å². The second-order valence-corrected chi connectivity index (χ2v) is 7.81. The van der Waals surface area contributed by atoms with Crippen molar-refractivity contribution in [3.8, 4) is 23.1 Å². The highest BCUT2D eigenvalue weighted by molar-refractivity contribution is 6.33. The molecule has 1 aliphatic heterocycles. The lowest BCUT2D eigenvalue weighted by atomic mass is 10.1. The summed E-state index contributed by atoms with van der Waals surface area (Å²) in [4.78, 5) is 35.1. The van der Waals surface area contributed by atoms with Crippen LogP contribution in [-0.4, -0.2) is 41.5 Å². The van der Waals surface area contributed by atoms with Crippen LogP contribution in [0.25, 0.3) is 11.3 Å². The molecule has 33 heavy (non-hydrogen) atoms.